The smallest absolute Gasteiger partial charge is 0.309 e. The lowest BCUT2D eigenvalue weighted by Gasteiger charge is -2.14. The van der Waals surface area contributed by atoms with E-state index in [4.69, 9.17) is 57.3 Å². The molecular formula is C59H66N20O6S. The van der Waals surface area contributed by atoms with Gasteiger partial charge in [-0.05, 0) is 75.6 Å². The van der Waals surface area contributed by atoms with Crippen LogP contribution in [0.2, 0.25) is 0 Å². The summed E-state index contributed by atoms with van der Waals surface area (Å²) in [6.45, 7) is 4.15. The maximum atomic E-state index is 12.7. The molecule has 8 aromatic heterocycles. The van der Waals surface area contributed by atoms with Gasteiger partial charge in [0.2, 0.25) is 0 Å². The van der Waals surface area contributed by atoms with E-state index < -0.39 is 33.8 Å². The molecule has 0 bridgehead atoms. The lowest BCUT2D eigenvalue weighted by atomic mass is 10.1. The topological polar surface area (TPSA) is 440 Å². The predicted molar refractivity (Wildman–Crippen MR) is 340 cm³/mol. The van der Waals surface area contributed by atoms with Crippen LogP contribution in [0.4, 0.5) is 23.3 Å². The monoisotopic (exact) mass is 1180 g/mol. The quantitative estimate of drug-likeness (QED) is 0.0735. The number of carbonyl (C=O) groups is 4. The lowest BCUT2D eigenvalue weighted by molar-refractivity contribution is 0.0992. The summed E-state index contributed by atoms with van der Waals surface area (Å²) >= 11 is 0. The Hall–Kier alpha value is -10.5. The first-order valence-corrected chi connectivity index (χ1v) is 28.3. The molecule has 0 aliphatic rings. The number of para-hydroxylation sites is 4. The normalized spacial score (nSPS) is 11.6. The number of aromatic nitrogens is 8. The third kappa shape index (κ3) is 11.2. The second-order valence-corrected chi connectivity index (χ2v) is 22.4. The third-order valence-electron chi connectivity index (χ3n) is 14.4. The molecule has 8 heterocycles. The molecule has 0 aliphatic heterocycles. The highest BCUT2D eigenvalue weighted by atomic mass is 32.2. The van der Waals surface area contributed by atoms with E-state index in [1.165, 1.54) is 20.2 Å². The molecule has 0 fully saturated rings. The molecule has 4 amide bonds. The Bertz CT molecular complexity index is 4770. The Kier molecular flexibility index (Phi) is 17.1. The molecule has 27 heteroatoms. The fourth-order valence-electron chi connectivity index (χ4n) is 10.3. The van der Waals surface area contributed by atoms with Gasteiger partial charge in [0.25, 0.3) is 23.6 Å². The first kappa shape index (κ1) is 60.2. The molecule has 26 nitrogen and oxygen atoms in total. The fraction of sp³-hybridized carbons (Fsp3) is 0.186. The van der Waals surface area contributed by atoms with Gasteiger partial charge in [-0.3, -0.25) is 19.2 Å². The van der Waals surface area contributed by atoms with E-state index in [2.05, 4.69) is 34.0 Å². The van der Waals surface area contributed by atoms with Crippen molar-refractivity contribution >= 4 is 145 Å². The molecule has 444 valence electrons. The number of nitrogen functional groups attached to an aromatic ring is 4. The molecule has 0 aliphatic carbocycles. The number of hydrogen-bond donors (Lipinski definition) is 10. The highest BCUT2D eigenvalue weighted by Crippen LogP contribution is 2.35. The minimum Gasteiger partial charge on any atom is -0.383 e. The van der Waals surface area contributed by atoms with Crippen molar-refractivity contribution in [1.29, 1.82) is 0 Å². The van der Waals surface area contributed by atoms with Crippen LogP contribution in [0.3, 0.4) is 0 Å². The number of likely N-dealkylation sites (N-methyl/N-ethyl adjacent to an activating group) is 1. The van der Waals surface area contributed by atoms with Gasteiger partial charge in [0.15, 0.2) is 5.65 Å². The number of aryl methyl sites for hydroxylation is 1. The van der Waals surface area contributed by atoms with Crippen LogP contribution in [0.15, 0.2) is 121 Å². The highest BCUT2D eigenvalue weighted by molar-refractivity contribution is 7.87. The van der Waals surface area contributed by atoms with Crippen molar-refractivity contribution in [3.05, 3.63) is 144 Å². The second kappa shape index (κ2) is 24.4. The Morgan fingerprint density at radius 2 is 0.721 bits per heavy atom. The van der Waals surface area contributed by atoms with Gasteiger partial charge in [-0.1, -0.05) is 72.8 Å². The predicted octanol–water partition coefficient (Wildman–Crippen LogP) is 4.01. The summed E-state index contributed by atoms with van der Waals surface area (Å²) in [7, 11) is 3.09. The van der Waals surface area contributed by atoms with Gasteiger partial charge in [-0.15, -0.1) is 0 Å². The first-order chi connectivity index (χ1) is 41.0. The summed E-state index contributed by atoms with van der Waals surface area (Å²) in [5, 5.41) is 6.86. The van der Waals surface area contributed by atoms with Crippen LogP contribution in [0.25, 0.3) is 87.7 Å². The molecular weight excluding hydrogens is 1120 g/mol. The number of carbonyl (C=O) groups excluding carboxylic acids is 4. The molecule has 12 rings (SSSR count). The number of amides is 4. The number of pyridine rings is 4. The highest BCUT2D eigenvalue weighted by Gasteiger charge is 2.26. The zero-order valence-corrected chi connectivity index (χ0v) is 48.4. The van der Waals surface area contributed by atoms with Gasteiger partial charge in [-0.2, -0.15) is 12.7 Å². The minimum absolute atomic E-state index is 0.0580. The average Bonchev–Trinajstić information content (AvgIpc) is 2.10. The Labute approximate surface area is 492 Å². The molecule has 0 spiro atoms. The van der Waals surface area contributed by atoms with Crippen molar-refractivity contribution in [2.24, 2.45) is 34.4 Å². The van der Waals surface area contributed by atoms with E-state index in [0.29, 0.717) is 35.9 Å². The van der Waals surface area contributed by atoms with E-state index in [1.807, 2.05) is 91.5 Å². The molecule has 20 N–H and O–H groups in total. The minimum atomic E-state index is -3.82. The molecule has 0 saturated heterocycles. The number of hydrogen-bond acceptors (Lipinski definition) is 17. The van der Waals surface area contributed by atoms with Crippen molar-refractivity contribution in [3.63, 3.8) is 0 Å². The number of fused-ring (bicyclic) bond motifs is 12. The van der Waals surface area contributed by atoms with Crippen molar-refractivity contribution in [3.8, 4) is 0 Å². The van der Waals surface area contributed by atoms with Crippen LogP contribution >= 0.6 is 0 Å². The van der Waals surface area contributed by atoms with Crippen molar-refractivity contribution in [2.75, 3.05) is 70.8 Å². The summed E-state index contributed by atoms with van der Waals surface area (Å²) in [4.78, 5) is 65.2. The van der Waals surface area contributed by atoms with Gasteiger partial charge >= 0.3 is 10.2 Å². The van der Waals surface area contributed by atoms with Crippen LogP contribution in [0, 0.1) is 0 Å². The van der Waals surface area contributed by atoms with Crippen LogP contribution < -0.4 is 57.3 Å². The van der Waals surface area contributed by atoms with Crippen LogP contribution in [-0.2, 0) is 29.8 Å². The molecule has 0 unspecified atom stereocenters. The summed E-state index contributed by atoms with van der Waals surface area (Å²) in [6, 6.07) is 37.4. The van der Waals surface area contributed by atoms with Gasteiger partial charge in [0.1, 0.15) is 40.2 Å². The van der Waals surface area contributed by atoms with Crippen LogP contribution in [0.1, 0.15) is 47.9 Å². The average molecular weight is 1180 g/mol. The van der Waals surface area contributed by atoms with E-state index in [1.54, 1.807) is 42.5 Å². The van der Waals surface area contributed by atoms with E-state index in [0.717, 1.165) is 100 Å². The van der Waals surface area contributed by atoms with Gasteiger partial charge in [0.05, 0.1) is 44.3 Å². The number of primary amides is 4. The van der Waals surface area contributed by atoms with Crippen molar-refractivity contribution < 1.29 is 27.6 Å². The second-order valence-electron chi connectivity index (χ2n) is 20.4. The maximum absolute atomic E-state index is 12.7. The standard InChI is InChI=1S/C16H19N5O.C15H17N5O.C14H15N5O3S.C14H15N5O/c1-20(2)7-8-21-13-6-4-3-5-10(13)11-9-12(15(18)22)14(17)19-16(11)21;16-6-3-7-20-12-5-2-1-4-9(12)10-8-11(14(18)21)13(17)19-15(10)20;1-18(2)23(21,22)19-11-6-4-3-5-8(11)9-7-10(13(16)20)12(15)17-14(9)19;15-5-6-19-11-4-2-1-3-8(11)9-7-10(13(17)20)12(16)18-14(9)19/h3-6,9H,7-8H2,1-2H3,(H2,17,19)(H2,18,22);1-2,4-5,8H,3,6-7,16H2,(H2,17,19)(H2,18,21);3-7H,1-2H3,(H2,15,17)(H2,16,20);1-4,7H,5-6,15H2,(H2,16,18)(H2,17,20). The van der Waals surface area contributed by atoms with Crippen LogP contribution in [-0.4, -0.2) is 127 Å². The first-order valence-electron chi connectivity index (χ1n) is 26.9. The number of nitrogens with zero attached hydrogens (tertiary/aromatic N) is 10. The molecule has 4 aromatic carbocycles. The molecule has 12 aromatic rings. The van der Waals surface area contributed by atoms with Crippen LogP contribution in [0.5, 0.6) is 0 Å². The third-order valence-corrected chi connectivity index (χ3v) is 16.2. The molecule has 0 atom stereocenters. The number of anilines is 4. The van der Waals surface area contributed by atoms with Crippen molar-refractivity contribution in [1.82, 2.24) is 46.8 Å². The number of rotatable bonds is 14. The molecule has 0 radical (unpaired) electrons. The fourth-order valence-corrected chi connectivity index (χ4v) is 11.4. The van der Waals surface area contributed by atoms with Gasteiger partial charge in [0, 0.05) is 89.9 Å². The van der Waals surface area contributed by atoms with E-state index >= 15 is 0 Å². The zero-order chi connectivity index (χ0) is 62.1. The Balaban J connectivity index is 0.000000137. The van der Waals surface area contributed by atoms with Gasteiger partial charge < -0.3 is 75.9 Å². The number of benzene rings is 4. The SMILES string of the molecule is CN(C)CCn1c2ccccc2c2cc(C(N)=O)c(N)nc21.CN(C)S(=O)(=O)n1c2ccccc2c2cc(C(N)=O)c(N)nc21.NCCCn1c2ccccc2c2cc(C(N)=O)c(N)nc21.NCCn1c2ccccc2c2cc(C(N)=O)c(N)nc21. The van der Waals surface area contributed by atoms with Crippen molar-refractivity contribution in [2.45, 2.75) is 26.1 Å². The van der Waals surface area contributed by atoms with Gasteiger partial charge in [-0.25, -0.2) is 23.9 Å². The number of nitrogens with two attached hydrogens (primary N) is 10. The van der Waals surface area contributed by atoms with E-state index in [9.17, 15) is 27.6 Å². The molecule has 86 heavy (non-hydrogen) atoms. The lowest BCUT2D eigenvalue weighted by Crippen LogP contribution is -2.29. The summed E-state index contributed by atoms with van der Waals surface area (Å²) in [6.07, 6.45) is 0.840. The summed E-state index contributed by atoms with van der Waals surface area (Å²) in [5.74, 6) is -2.05. The zero-order valence-electron chi connectivity index (χ0n) is 47.6. The summed E-state index contributed by atoms with van der Waals surface area (Å²) in [5.41, 5.74) is 62.8. The summed E-state index contributed by atoms with van der Waals surface area (Å²) < 4.78 is 33.7. The van der Waals surface area contributed by atoms with E-state index in [-0.39, 0.29) is 51.2 Å². The Morgan fingerprint density at radius 3 is 1.05 bits per heavy atom. The largest absolute Gasteiger partial charge is 0.383 e. The Morgan fingerprint density at radius 1 is 0.419 bits per heavy atom. The molecule has 0 saturated carbocycles. The maximum Gasteiger partial charge on any atom is 0.309 e.